The number of benzene rings is 1. The lowest BCUT2D eigenvalue weighted by atomic mass is 10.0. The Labute approximate surface area is 109 Å². The molecule has 0 aliphatic rings. The first-order valence-electron chi connectivity index (χ1n) is 5.44. The zero-order chi connectivity index (χ0) is 13.3. The highest BCUT2D eigenvalue weighted by Crippen LogP contribution is 2.30. The maximum absolute atomic E-state index is 12.0. The van der Waals surface area contributed by atoms with Crippen LogP contribution in [0, 0.1) is 13.8 Å². The highest BCUT2D eigenvalue weighted by molar-refractivity contribution is 7.09. The fraction of sp³-hybridized carbons (Fsp3) is 0.231. The van der Waals surface area contributed by atoms with Crippen LogP contribution in [0.4, 0.5) is 0 Å². The highest BCUT2D eigenvalue weighted by atomic mass is 32.1. The molecular formula is C13H13NO3S. The van der Waals surface area contributed by atoms with Gasteiger partial charge in [0, 0.05) is 16.6 Å². The van der Waals surface area contributed by atoms with Crippen LogP contribution in [0.2, 0.25) is 0 Å². The molecule has 5 heteroatoms. The molecule has 1 heterocycles. The van der Waals surface area contributed by atoms with E-state index in [1.165, 1.54) is 23.5 Å². The number of rotatable bonds is 3. The molecule has 0 saturated carbocycles. The van der Waals surface area contributed by atoms with E-state index < -0.39 is 0 Å². The molecule has 0 fully saturated rings. The van der Waals surface area contributed by atoms with Crippen molar-refractivity contribution >= 4 is 17.1 Å². The smallest absolute Gasteiger partial charge is 0.173 e. The van der Waals surface area contributed by atoms with Crippen LogP contribution < -0.4 is 0 Å². The average molecular weight is 263 g/mol. The van der Waals surface area contributed by atoms with E-state index in [9.17, 15) is 15.0 Å². The van der Waals surface area contributed by atoms with Crippen molar-refractivity contribution in [2.24, 2.45) is 0 Å². The highest BCUT2D eigenvalue weighted by Gasteiger charge is 2.16. The van der Waals surface area contributed by atoms with Crippen LogP contribution in [-0.4, -0.2) is 21.0 Å². The summed E-state index contributed by atoms with van der Waals surface area (Å²) in [4.78, 5) is 16.2. The summed E-state index contributed by atoms with van der Waals surface area (Å²) in [6.45, 7) is 3.43. The van der Waals surface area contributed by atoms with Crippen LogP contribution in [0.15, 0.2) is 17.5 Å². The maximum Gasteiger partial charge on any atom is 0.173 e. The van der Waals surface area contributed by atoms with Crippen molar-refractivity contribution in [3.63, 3.8) is 0 Å². The summed E-state index contributed by atoms with van der Waals surface area (Å²) in [5, 5.41) is 21.9. The molecular weight excluding hydrogens is 250 g/mol. The molecule has 4 nitrogen and oxygen atoms in total. The number of phenols is 2. The standard InChI is InChI=1S/C13H13NO3S/c1-7-6-18-12(14-7)5-11(16)9-3-4-10(15)8(2)13(9)17/h3-4,6,15,17H,5H2,1-2H3. The number of ketones is 1. The normalized spacial score (nSPS) is 10.6. The third-order valence-electron chi connectivity index (χ3n) is 2.68. The minimum Gasteiger partial charge on any atom is -0.508 e. The topological polar surface area (TPSA) is 70.4 Å². The number of aryl methyl sites for hydroxylation is 1. The SMILES string of the molecule is Cc1csc(CC(=O)c2ccc(O)c(C)c2O)n1. The van der Waals surface area contributed by atoms with E-state index >= 15 is 0 Å². The van der Waals surface area contributed by atoms with Gasteiger partial charge < -0.3 is 10.2 Å². The van der Waals surface area contributed by atoms with Gasteiger partial charge in [0.1, 0.15) is 16.5 Å². The molecule has 94 valence electrons. The summed E-state index contributed by atoms with van der Waals surface area (Å²) in [5.41, 5.74) is 1.42. The lowest BCUT2D eigenvalue weighted by molar-refractivity contribution is 0.0990. The third kappa shape index (κ3) is 2.36. The number of aromatic hydroxyl groups is 2. The Balaban J connectivity index is 2.27. The molecule has 1 aromatic carbocycles. The van der Waals surface area contributed by atoms with Gasteiger partial charge in [0.15, 0.2) is 5.78 Å². The third-order valence-corrected chi connectivity index (χ3v) is 3.65. The van der Waals surface area contributed by atoms with E-state index in [0.717, 1.165) is 10.7 Å². The lowest BCUT2D eigenvalue weighted by Gasteiger charge is -2.07. The fourth-order valence-electron chi connectivity index (χ4n) is 1.63. The minimum atomic E-state index is -0.204. The van der Waals surface area contributed by atoms with E-state index in [2.05, 4.69) is 4.98 Å². The quantitative estimate of drug-likeness (QED) is 0.835. The summed E-state index contributed by atoms with van der Waals surface area (Å²) in [7, 11) is 0. The number of phenolic OH excluding ortho intramolecular Hbond substituents is 2. The summed E-state index contributed by atoms with van der Waals surface area (Å²) >= 11 is 1.42. The van der Waals surface area contributed by atoms with Crippen LogP contribution in [0.5, 0.6) is 11.5 Å². The van der Waals surface area contributed by atoms with E-state index in [1.54, 1.807) is 6.92 Å². The number of hydrogen-bond acceptors (Lipinski definition) is 5. The predicted octanol–water partition coefficient (Wildman–Crippen LogP) is 2.60. The fourth-order valence-corrected chi connectivity index (χ4v) is 2.40. The van der Waals surface area contributed by atoms with Crippen molar-refractivity contribution in [1.82, 2.24) is 4.98 Å². The Bertz CT molecular complexity index is 604. The Morgan fingerprint density at radius 2 is 2.06 bits per heavy atom. The van der Waals surface area contributed by atoms with Gasteiger partial charge in [-0.25, -0.2) is 4.98 Å². The van der Waals surface area contributed by atoms with Crippen LogP contribution in [0.25, 0.3) is 0 Å². The van der Waals surface area contributed by atoms with Crippen LogP contribution in [0.1, 0.15) is 26.6 Å². The number of thiazole rings is 1. The van der Waals surface area contributed by atoms with Gasteiger partial charge in [-0.3, -0.25) is 4.79 Å². The number of carbonyl (C=O) groups excluding carboxylic acids is 1. The van der Waals surface area contributed by atoms with Crippen LogP contribution >= 0.6 is 11.3 Å². The molecule has 0 amide bonds. The molecule has 0 aliphatic heterocycles. The molecule has 0 unspecified atom stereocenters. The molecule has 0 bridgehead atoms. The van der Waals surface area contributed by atoms with Crippen LogP contribution in [0.3, 0.4) is 0 Å². The summed E-state index contributed by atoms with van der Waals surface area (Å²) in [6, 6.07) is 2.84. The number of hydrogen-bond donors (Lipinski definition) is 2. The Morgan fingerprint density at radius 3 is 2.67 bits per heavy atom. The molecule has 2 rings (SSSR count). The van der Waals surface area contributed by atoms with E-state index in [-0.39, 0.29) is 29.3 Å². The Hall–Kier alpha value is -1.88. The monoisotopic (exact) mass is 263 g/mol. The number of carbonyl (C=O) groups is 1. The minimum absolute atomic E-state index is 0.0193. The van der Waals surface area contributed by atoms with E-state index in [4.69, 9.17) is 0 Å². The molecule has 0 aliphatic carbocycles. The van der Waals surface area contributed by atoms with Gasteiger partial charge in [-0.05, 0) is 26.0 Å². The molecule has 0 saturated heterocycles. The Morgan fingerprint density at radius 1 is 1.33 bits per heavy atom. The first-order valence-corrected chi connectivity index (χ1v) is 6.32. The first-order chi connectivity index (χ1) is 8.49. The molecule has 0 spiro atoms. The van der Waals surface area contributed by atoms with Crippen molar-refractivity contribution in [2.75, 3.05) is 0 Å². The van der Waals surface area contributed by atoms with Crippen molar-refractivity contribution in [3.8, 4) is 11.5 Å². The van der Waals surface area contributed by atoms with Crippen molar-refractivity contribution in [1.29, 1.82) is 0 Å². The average Bonchev–Trinajstić information content (AvgIpc) is 2.71. The van der Waals surface area contributed by atoms with Gasteiger partial charge in [-0.15, -0.1) is 11.3 Å². The number of aromatic nitrogens is 1. The molecule has 1 aromatic heterocycles. The Kier molecular flexibility index (Phi) is 3.34. The molecule has 0 radical (unpaired) electrons. The second kappa shape index (κ2) is 4.78. The van der Waals surface area contributed by atoms with Crippen LogP contribution in [-0.2, 0) is 6.42 Å². The molecule has 18 heavy (non-hydrogen) atoms. The van der Waals surface area contributed by atoms with Crippen molar-refractivity contribution < 1.29 is 15.0 Å². The summed E-state index contributed by atoms with van der Waals surface area (Å²) in [6.07, 6.45) is 0.163. The van der Waals surface area contributed by atoms with E-state index in [1.807, 2.05) is 12.3 Å². The second-order valence-corrected chi connectivity index (χ2v) is 5.03. The number of Topliss-reactive ketones (excluding diaryl/α,β-unsaturated/α-hetero) is 1. The molecule has 2 N–H and O–H groups in total. The lowest BCUT2D eigenvalue weighted by Crippen LogP contribution is -2.04. The largest absolute Gasteiger partial charge is 0.508 e. The van der Waals surface area contributed by atoms with Gasteiger partial charge in [-0.1, -0.05) is 0 Å². The predicted molar refractivity (Wildman–Crippen MR) is 69.4 cm³/mol. The first kappa shape index (κ1) is 12.6. The van der Waals surface area contributed by atoms with Gasteiger partial charge >= 0.3 is 0 Å². The summed E-state index contributed by atoms with van der Waals surface area (Å²) in [5.74, 6) is -0.382. The molecule has 2 aromatic rings. The number of nitrogens with zero attached hydrogens (tertiary/aromatic N) is 1. The van der Waals surface area contributed by atoms with Gasteiger partial charge in [-0.2, -0.15) is 0 Å². The second-order valence-electron chi connectivity index (χ2n) is 4.09. The van der Waals surface area contributed by atoms with Gasteiger partial charge in [0.25, 0.3) is 0 Å². The zero-order valence-electron chi connectivity index (χ0n) is 10.1. The van der Waals surface area contributed by atoms with Crippen molar-refractivity contribution in [3.05, 3.63) is 39.3 Å². The van der Waals surface area contributed by atoms with Gasteiger partial charge in [0.2, 0.25) is 0 Å². The van der Waals surface area contributed by atoms with Gasteiger partial charge in [0.05, 0.1) is 12.0 Å². The van der Waals surface area contributed by atoms with E-state index in [0.29, 0.717) is 5.56 Å². The zero-order valence-corrected chi connectivity index (χ0v) is 10.9. The van der Waals surface area contributed by atoms with Crippen molar-refractivity contribution in [2.45, 2.75) is 20.3 Å². The molecule has 0 atom stereocenters. The maximum atomic E-state index is 12.0. The summed E-state index contributed by atoms with van der Waals surface area (Å²) < 4.78 is 0.